The molecule has 0 aliphatic carbocycles. The molecule has 0 radical (unpaired) electrons. The van der Waals surface area contributed by atoms with Crippen molar-refractivity contribution in [2.24, 2.45) is 11.7 Å². The van der Waals surface area contributed by atoms with Gasteiger partial charge in [-0.25, -0.2) is 0 Å². The zero-order chi connectivity index (χ0) is 8.27. The number of hydrogen-bond acceptors (Lipinski definition) is 2. The van der Waals surface area contributed by atoms with E-state index in [9.17, 15) is 0 Å². The third-order valence-corrected chi connectivity index (χ3v) is 2.00. The number of ether oxygens (including phenoxy) is 1. The van der Waals surface area contributed by atoms with Crippen molar-refractivity contribution in [3.05, 3.63) is 11.3 Å². The van der Waals surface area contributed by atoms with Gasteiger partial charge >= 0.3 is 0 Å². The summed E-state index contributed by atoms with van der Waals surface area (Å²) in [4.78, 5) is 0. The Morgan fingerprint density at radius 3 is 2.73 bits per heavy atom. The summed E-state index contributed by atoms with van der Waals surface area (Å²) < 4.78 is 5.54. The molecule has 0 atom stereocenters. The van der Waals surface area contributed by atoms with Gasteiger partial charge in [-0.2, -0.15) is 0 Å². The van der Waals surface area contributed by atoms with Crippen LogP contribution >= 0.6 is 0 Å². The first-order valence-corrected chi connectivity index (χ1v) is 4.30. The molecular weight excluding hydrogens is 138 g/mol. The standard InChI is InChI=1S/C9H17NO/c1-7(2)9-8(6-10)4-3-5-11-9/h7H,3-6,10H2,1-2H3. The van der Waals surface area contributed by atoms with Crippen LogP contribution in [-0.4, -0.2) is 13.2 Å². The normalized spacial score (nSPS) is 18.9. The molecule has 0 fully saturated rings. The van der Waals surface area contributed by atoms with E-state index in [1.165, 1.54) is 5.57 Å². The Balaban J connectivity index is 2.73. The summed E-state index contributed by atoms with van der Waals surface area (Å²) >= 11 is 0. The third kappa shape index (κ3) is 1.96. The topological polar surface area (TPSA) is 35.2 Å². The second-order valence-corrected chi connectivity index (χ2v) is 3.28. The molecular formula is C9H17NO. The second kappa shape index (κ2) is 3.77. The molecule has 0 aromatic heterocycles. The van der Waals surface area contributed by atoms with E-state index in [0.717, 1.165) is 25.2 Å². The van der Waals surface area contributed by atoms with Crippen molar-refractivity contribution in [1.82, 2.24) is 0 Å². The highest BCUT2D eigenvalue weighted by Crippen LogP contribution is 2.23. The summed E-state index contributed by atoms with van der Waals surface area (Å²) in [5.41, 5.74) is 6.90. The molecule has 0 saturated carbocycles. The second-order valence-electron chi connectivity index (χ2n) is 3.28. The van der Waals surface area contributed by atoms with Gasteiger partial charge < -0.3 is 10.5 Å². The van der Waals surface area contributed by atoms with Crippen molar-refractivity contribution < 1.29 is 4.74 Å². The summed E-state index contributed by atoms with van der Waals surface area (Å²) in [6.45, 7) is 5.83. The molecule has 0 amide bonds. The van der Waals surface area contributed by atoms with Crippen LogP contribution in [0.3, 0.4) is 0 Å². The van der Waals surface area contributed by atoms with Gasteiger partial charge in [0, 0.05) is 12.5 Å². The fourth-order valence-electron chi connectivity index (χ4n) is 1.47. The van der Waals surface area contributed by atoms with Gasteiger partial charge in [-0.3, -0.25) is 0 Å². The molecule has 2 heteroatoms. The predicted molar refractivity (Wildman–Crippen MR) is 46.1 cm³/mol. The fourth-order valence-corrected chi connectivity index (χ4v) is 1.47. The van der Waals surface area contributed by atoms with E-state index in [1.54, 1.807) is 0 Å². The Morgan fingerprint density at radius 1 is 1.55 bits per heavy atom. The quantitative estimate of drug-likeness (QED) is 0.658. The molecule has 11 heavy (non-hydrogen) atoms. The molecule has 0 spiro atoms. The highest BCUT2D eigenvalue weighted by atomic mass is 16.5. The number of allylic oxidation sites excluding steroid dienone is 1. The number of rotatable bonds is 2. The van der Waals surface area contributed by atoms with E-state index >= 15 is 0 Å². The Kier molecular flexibility index (Phi) is 2.94. The molecule has 2 N–H and O–H groups in total. The minimum absolute atomic E-state index is 0.494. The molecule has 1 heterocycles. The summed E-state index contributed by atoms with van der Waals surface area (Å²) in [5, 5.41) is 0. The van der Waals surface area contributed by atoms with Crippen molar-refractivity contribution in [3.63, 3.8) is 0 Å². The van der Waals surface area contributed by atoms with Gasteiger partial charge in [0.25, 0.3) is 0 Å². The van der Waals surface area contributed by atoms with Crippen LogP contribution in [0.5, 0.6) is 0 Å². The minimum atomic E-state index is 0.494. The van der Waals surface area contributed by atoms with Gasteiger partial charge in [-0.1, -0.05) is 13.8 Å². The zero-order valence-electron chi connectivity index (χ0n) is 7.39. The third-order valence-electron chi connectivity index (χ3n) is 2.00. The minimum Gasteiger partial charge on any atom is -0.498 e. The van der Waals surface area contributed by atoms with Crippen molar-refractivity contribution in [2.45, 2.75) is 26.7 Å². The van der Waals surface area contributed by atoms with Crippen LogP contribution in [0, 0.1) is 5.92 Å². The van der Waals surface area contributed by atoms with Gasteiger partial charge in [-0.15, -0.1) is 0 Å². The van der Waals surface area contributed by atoms with Crippen LogP contribution in [0.15, 0.2) is 11.3 Å². The van der Waals surface area contributed by atoms with Crippen molar-refractivity contribution in [2.75, 3.05) is 13.2 Å². The van der Waals surface area contributed by atoms with Crippen LogP contribution < -0.4 is 5.73 Å². The first-order valence-electron chi connectivity index (χ1n) is 4.30. The van der Waals surface area contributed by atoms with Crippen molar-refractivity contribution in [3.8, 4) is 0 Å². The summed E-state index contributed by atoms with van der Waals surface area (Å²) in [6, 6.07) is 0. The number of nitrogens with two attached hydrogens (primary N) is 1. The lowest BCUT2D eigenvalue weighted by Crippen LogP contribution is -2.16. The number of hydrogen-bond donors (Lipinski definition) is 1. The Bertz CT molecular complexity index is 161. The maximum absolute atomic E-state index is 5.59. The van der Waals surface area contributed by atoms with Crippen molar-refractivity contribution in [1.29, 1.82) is 0 Å². The highest BCUT2D eigenvalue weighted by molar-refractivity contribution is 5.13. The Hall–Kier alpha value is -0.500. The average Bonchev–Trinajstić information content (AvgIpc) is 2.04. The van der Waals surface area contributed by atoms with Gasteiger partial charge in [-0.05, 0) is 18.4 Å². The molecule has 0 saturated heterocycles. The van der Waals surface area contributed by atoms with Crippen molar-refractivity contribution >= 4 is 0 Å². The lowest BCUT2D eigenvalue weighted by atomic mass is 10.0. The Morgan fingerprint density at radius 2 is 2.27 bits per heavy atom. The lowest BCUT2D eigenvalue weighted by molar-refractivity contribution is 0.160. The van der Waals surface area contributed by atoms with E-state index < -0.39 is 0 Å². The monoisotopic (exact) mass is 155 g/mol. The van der Waals surface area contributed by atoms with Gasteiger partial charge in [0.2, 0.25) is 0 Å². The average molecular weight is 155 g/mol. The summed E-state index contributed by atoms with van der Waals surface area (Å²) in [7, 11) is 0. The molecule has 0 unspecified atom stereocenters. The van der Waals surface area contributed by atoms with Crippen LogP contribution in [0.4, 0.5) is 0 Å². The van der Waals surface area contributed by atoms with Crippen LogP contribution in [0.25, 0.3) is 0 Å². The first-order chi connectivity index (χ1) is 5.25. The SMILES string of the molecule is CC(C)C1=C(CN)CCCO1. The molecule has 0 aromatic carbocycles. The maximum Gasteiger partial charge on any atom is 0.0989 e. The summed E-state index contributed by atoms with van der Waals surface area (Å²) in [6.07, 6.45) is 2.26. The highest BCUT2D eigenvalue weighted by Gasteiger charge is 2.14. The molecule has 1 aliphatic rings. The summed E-state index contributed by atoms with van der Waals surface area (Å²) in [5.74, 6) is 1.63. The molecule has 64 valence electrons. The molecule has 1 aliphatic heterocycles. The van der Waals surface area contributed by atoms with Gasteiger partial charge in [0.1, 0.15) is 0 Å². The van der Waals surface area contributed by atoms with Crippen LogP contribution in [0.1, 0.15) is 26.7 Å². The van der Waals surface area contributed by atoms with Gasteiger partial charge in [0.05, 0.1) is 12.4 Å². The fraction of sp³-hybridized carbons (Fsp3) is 0.778. The molecule has 0 aromatic rings. The predicted octanol–water partition coefficient (Wildman–Crippen LogP) is 1.67. The lowest BCUT2D eigenvalue weighted by Gasteiger charge is -2.23. The first kappa shape index (κ1) is 8.60. The van der Waals surface area contributed by atoms with E-state index in [-0.39, 0.29) is 0 Å². The zero-order valence-corrected chi connectivity index (χ0v) is 7.39. The largest absolute Gasteiger partial charge is 0.498 e. The molecule has 0 bridgehead atoms. The Labute approximate surface area is 68.4 Å². The molecule has 2 nitrogen and oxygen atoms in total. The smallest absolute Gasteiger partial charge is 0.0989 e. The molecule has 1 rings (SSSR count). The van der Waals surface area contributed by atoms with Crippen LogP contribution in [0.2, 0.25) is 0 Å². The van der Waals surface area contributed by atoms with Crippen LogP contribution in [-0.2, 0) is 4.74 Å². The van der Waals surface area contributed by atoms with E-state index in [2.05, 4.69) is 13.8 Å². The van der Waals surface area contributed by atoms with E-state index in [0.29, 0.717) is 12.5 Å². The van der Waals surface area contributed by atoms with Gasteiger partial charge in [0.15, 0.2) is 0 Å². The maximum atomic E-state index is 5.59. The van der Waals surface area contributed by atoms with E-state index in [1.807, 2.05) is 0 Å². The van der Waals surface area contributed by atoms with E-state index in [4.69, 9.17) is 10.5 Å².